The fourth-order valence-corrected chi connectivity index (χ4v) is 7.93. The van der Waals surface area contributed by atoms with Crippen LogP contribution in [0.15, 0.2) is 36.0 Å². The maximum Gasteiger partial charge on any atom is 0.316 e. The Morgan fingerprint density at radius 2 is 2.09 bits per heavy atom. The Kier molecular flexibility index (Phi) is 6.66. The molecule has 7 heteroatoms. The van der Waals surface area contributed by atoms with Gasteiger partial charge in [-0.05, 0) is 55.1 Å². The van der Waals surface area contributed by atoms with Crippen molar-refractivity contribution in [2.75, 3.05) is 11.5 Å². The second kappa shape index (κ2) is 8.98. The second-order valence-electron chi connectivity index (χ2n) is 11.3. The Bertz CT molecular complexity index is 968. The van der Waals surface area contributed by atoms with Crippen molar-refractivity contribution in [2.24, 2.45) is 34.0 Å². The Morgan fingerprint density at radius 1 is 1.35 bits per heavy atom. The largest absolute Gasteiger partial charge is 0.461 e. The molecule has 0 aromatic carbocycles. The lowest BCUT2D eigenvalue weighted by atomic mass is 9.44. The van der Waals surface area contributed by atoms with Gasteiger partial charge in [0.2, 0.25) is 0 Å². The predicted molar refractivity (Wildman–Crippen MR) is 134 cm³/mol. The van der Waals surface area contributed by atoms with E-state index >= 15 is 0 Å². The molecule has 3 saturated carbocycles. The lowest BCUT2D eigenvalue weighted by Gasteiger charge is -2.61. The number of ketones is 1. The van der Waals surface area contributed by atoms with Crippen LogP contribution in [0.1, 0.15) is 59.8 Å². The van der Waals surface area contributed by atoms with Crippen molar-refractivity contribution in [2.45, 2.75) is 77.0 Å². The van der Waals surface area contributed by atoms with Crippen LogP contribution in [0, 0.1) is 34.0 Å². The van der Waals surface area contributed by atoms with Crippen LogP contribution in [0.25, 0.3) is 0 Å². The zero-order valence-corrected chi connectivity index (χ0v) is 21.6. The molecule has 0 saturated heterocycles. The number of carbonyl (C=O) groups excluding carboxylic acids is 2. The number of anilines is 1. The smallest absolute Gasteiger partial charge is 0.316 e. The van der Waals surface area contributed by atoms with Gasteiger partial charge in [-0.3, -0.25) is 9.59 Å². The van der Waals surface area contributed by atoms with Crippen molar-refractivity contribution in [1.29, 1.82) is 0 Å². The number of Topliss-reactive ketones (excluding diaryl/α,β-unsaturated/α-hetero) is 1. The van der Waals surface area contributed by atoms with Crippen molar-refractivity contribution >= 4 is 29.2 Å². The number of aliphatic hydroxyl groups excluding tert-OH is 1. The van der Waals surface area contributed by atoms with E-state index in [0.717, 1.165) is 19.3 Å². The number of carbonyl (C=O) groups is 2. The third kappa shape index (κ3) is 3.89. The van der Waals surface area contributed by atoms with Gasteiger partial charge in [0.15, 0.2) is 0 Å². The van der Waals surface area contributed by atoms with E-state index in [2.05, 4.69) is 32.3 Å². The molecule has 3 fully saturated rings. The number of nitrogens with zero attached hydrogens (tertiary/aromatic N) is 1. The molecule has 1 aromatic rings. The second-order valence-corrected chi connectivity index (χ2v) is 12.3. The Hall–Kier alpha value is -1.86. The van der Waals surface area contributed by atoms with E-state index in [1.54, 1.807) is 18.3 Å². The first kappa shape index (κ1) is 25.2. The quantitative estimate of drug-likeness (QED) is 0.354. The standard InChI is InChI=1S/C27H38N2O4S/c1-6-25(4)13-20(33-22(31)15-34-21-8-7-18(28)14-29-21)26(5)16(2)9-11-27(17(3)24(25)32)12-10-19(30)23(26)27/h6-8,14,16-17,20,23-24,32H,1,9-13,15,28H2,2-5H3/t16-,17+,20-,23?,24+,25-,26+,27+/m1/s1. The number of nitrogen functional groups attached to an aromatic ring is 1. The average molecular weight is 487 g/mol. The van der Waals surface area contributed by atoms with Crippen LogP contribution in [0.2, 0.25) is 0 Å². The fraction of sp³-hybridized carbons (Fsp3) is 0.667. The van der Waals surface area contributed by atoms with Crippen LogP contribution >= 0.6 is 11.8 Å². The summed E-state index contributed by atoms with van der Waals surface area (Å²) < 4.78 is 6.24. The van der Waals surface area contributed by atoms with E-state index in [1.807, 2.05) is 13.0 Å². The normalized spacial score (nSPS) is 41.8. The van der Waals surface area contributed by atoms with Crippen LogP contribution in [0.5, 0.6) is 0 Å². The van der Waals surface area contributed by atoms with E-state index in [-0.39, 0.29) is 40.7 Å². The summed E-state index contributed by atoms with van der Waals surface area (Å²) in [5, 5.41) is 12.3. The van der Waals surface area contributed by atoms with Crippen LogP contribution in [-0.2, 0) is 14.3 Å². The van der Waals surface area contributed by atoms with Crippen molar-refractivity contribution < 1.29 is 19.4 Å². The summed E-state index contributed by atoms with van der Waals surface area (Å²) in [5.74, 6) is 0.00346. The Morgan fingerprint density at radius 3 is 2.74 bits per heavy atom. The van der Waals surface area contributed by atoms with Crippen molar-refractivity contribution in [3.63, 3.8) is 0 Å². The summed E-state index contributed by atoms with van der Waals surface area (Å²) in [6.45, 7) is 12.5. The number of hydrogen-bond donors (Lipinski definition) is 2. The number of ether oxygens (including phenoxy) is 1. The van der Waals surface area contributed by atoms with Gasteiger partial charge in [-0.15, -0.1) is 6.58 Å². The third-order valence-electron chi connectivity index (χ3n) is 9.67. The molecule has 4 rings (SSSR count). The SMILES string of the molecule is C=C[C@]1(C)C[C@@H](OC(=O)CSc2ccc(N)cn2)[C@@]2(C)C3C(=O)CC[C@@]3(CC[C@H]2C)[C@@H](C)[C@@H]1O. The van der Waals surface area contributed by atoms with Gasteiger partial charge < -0.3 is 15.6 Å². The first-order chi connectivity index (χ1) is 16.0. The fourth-order valence-electron chi connectivity index (χ4n) is 7.30. The molecule has 0 aliphatic heterocycles. The van der Waals surface area contributed by atoms with E-state index in [9.17, 15) is 14.7 Å². The number of nitrogens with two attached hydrogens (primary N) is 1. The minimum absolute atomic E-state index is 0.0393. The first-order valence-corrected chi connectivity index (χ1v) is 13.3. The number of esters is 1. The molecule has 1 unspecified atom stereocenters. The molecular weight excluding hydrogens is 448 g/mol. The molecule has 1 heterocycles. The lowest BCUT2D eigenvalue weighted by Crippen LogP contribution is -2.63. The lowest BCUT2D eigenvalue weighted by molar-refractivity contribution is -0.205. The highest BCUT2D eigenvalue weighted by molar-refractivity contribution is 7.99. The summed E-state index contributed by atoms with van der Waals surface area (Å²) in [6.07, 6.45) is 5.89. The summed E-state index contributed by atoms with van der Waals surface area (Å²) in [7, 11) is 0. The molecule has 3 aliphatic carbocycles. The van der Waals surface area contributed by atoms with Crippen LogP contribution < -0.4 is 5.73 Å². The molecule has 8 atom stereocenters. The van der Waals surface area contributed by atoms with Gasteiger partial charge in [0.25, 0.3) is 0 Å². The molecule has 3 N–H and O–H groups in total. The summed E-state index contributed by atoms with van der Waals surface area (Å²) in [4.78, 5) is 30.8. The van der Waals surface area contributed by atoms with Crippen molar-refractivity contribution in [3.8, 4) is 0 Å². The predicted octanol–water partition coefficient (Wildman–Crippen LogP) is 4.66. The van der Waals surface area contributed by atoms with Gasteiger partial charge in [-0.1, -0.05) is 45.5 Å². The Balaban J connectivity index is 1.68. The van der Waals surface area contributed by atoms with Gasteiger partial charge in [-0.25, -0.2) is 4.98 Å². The van der Waals surface area contributed by atoms with Crippen LogP contribution in [0.4, 0.5) is 5.69 Å². The highest BCUT2D eigenvalue weighted by Gasteiger charge is 2.68. The van der Waals surface area contributed by atoms with E-state index < -0.39 is 23.0 Å². The van der Waals surface area contributed by atoms with Gasteiger partial charge in [0.1, 0.15) is 11.9 Å². The van der Waals surface area contributed by atoms with E-state index in [4.69, 9.17) is 10.5 Å². The van der Waals surface area contributed by atoms with Gasteiger partial charge in [0.05, 0.1) is 28.8 Å². The van der Waals surface area contributed by atoms with Crippen molar-refractivity contribution in [1.82, 2.24) is 4.98 Å². The molecular formula is C27H38N2O4S. The molecule has 1 aromatic heterocycles. The van der Waals surface area contributed by atoms with Gasteiger partial charge in [-0.2, -0.15) is 0 Å². The average Bonchev–Trinajstić information content (AvgIpc) is 3.17. The monoisotopic (exact) mass is 486 g/mol. The minimum atomic E-state index is -0.661. The highest BCUT2D eigenvalue weighted by Crippen LogP contribution is 2.68. The topological polar surface area (TPSA) is 103 Å². The molecule has 0 amide bonds. The number of hydrogen-bond acceptors (Lipinski definition) is 7. The summed E-state index contributed by atoms with van der Waals surface area (Å²) in [5.41, 5.74) is 4.88. The molecule has 3 aliphatic rings. The van der Waals surface area contributed by atoms with Crippen LogP contribution in [-0.4, -0.2) is 39.8 Å². The Labute approximate surface area is 207 Å². The zero-order chi connectivity index (χ0) is 24.9. The number of aromatic nitrogens is 1. The molecule has 34 heavy (non-hydrogen) atoms. The van der Waals surface area contributed by atoms with E-state index in [1.165, 1.54) is 11.8 Å². The third-order valence-corrected chi connectivity index (χ3v) is 10.6. The summed E-state index contributed by atoms with van der Waals surface area (Å²) >= 11 is 1.31. The number of aliphatic hydroxyl groups is 1. The molecule has 186 valence electrons. The van der Waals surface area contributed by atoms with Gasteiger partial charge >= 0.3 is 5.97 Å². The van der Waals surface area contributed by atoms with E-state index in [0.29, 0.717) is 23.6 Å². The number of thioether (sulfide) groups is 1. The molecule has 0 spiro atoms. The number of rotatable bonds is 5. The number of pyridine rings is 1. The molecule has 0 radical (unpaired) electrons. The van der Waals surface area contributed by atoms with Crippen LogP contribution in [0.3, 0.4) is 0 Å². The first-order valence-electron chi connectivity index (χ1n) is 12.4. The maximum absolute atomic E-state index is 13.4. The zero-order valence-electron chi connectivity index (χ0n) is 20.8. The summed E-state index contributed by atoms with van der Waals surface area (Å²) in [6, 6.07) is 3.54. The maximum atomic E-state index is 13.4. The van der Waals surface area contributed by atoms with Crippen molar-refractivity contribution in [3.05, 3.63) is 31.0 Å². The van der Waals surface area contributed by atoms with Gasteiger partial charge in [0, 0.05) is 23.2 Å². The molecule has 2 bridgehead atoms. The minimum Gasteiger partial charge on any atom is -0.461 e. The highest BCUT2D eigenvalue weighted by atomic mass is 32.2. The molecule has 6 nitrogen and oxygen atoms in total.